The normalized spacial score (nSPS) is 20.5. The molecule has 0 radical (unpaired) electrons. The number of rotatable bonds is 7. The minimum Gasteiger partial charge on any atom is -0.497 e. The van der Waals surface area contributed by atoms with Crippen molar-refractivity contribution in [2.24, 2.45) is 0 Å². The molecule has 1 aliphatic rings. The lowest BCUT2D eigenvalue weighted by molar-refractivity contribution is -0.0346. The summed E-state index contributed by atoms with van der Waals surface area (Å²) in [5, 5.41) is 15.1. The molecule has 168 valence electrons. The van der Waals surface area contributed by atoms with E-state index in [4.69, 9.17) is 4.74 Å². The van der Waals surface area contributed by atoms with Crippen molar-refractivity contribution in [1.82, 2.24) is 14.9 Å². The van der Waals surface area contributed by atoms with Crippen LogP contribution in [0.15, 0.2) is 54.6 Å². The van der Waals surface area contributed by atoms with Crippen LogP contribution in [-0.4, -0.2) is 63.9 Å². The fraction of sp³-hybridized carbons (Fsp3) is 0.480. The highest BCUT2D eigenvalue weighted by Gasteiger charge is 2.42. The van der Waals surface area contributed by atoms with Crippen molar-refractivity contribution in [3.63, 3.8) is 0 Å². The highest BCUT2D eigenvalue weighted by Crippen LogP contribution is 2.26. The molecule has 6 nitrogen and oxygen atoms in total. The third-order valence-corrected chi connectivity index (χ3v) is 5.78. The lowest BCUT2D eigenvalue weighted by atomic mass is 9.98. The second-order valence-corrected chi connectivity index (χ2v) is 8.74. The molecule has 1 saturated heterocycles. The summed E-state index contributed by atoms with van der Waals surface area (Å²) in [6, 6.07) is 17.5. The van der Waals surface area contributed by atoms with Crippen LogP contribution in [-0.2, 0) is 13.0 Å². The maximum absolute atomic E-state index is 13.8. The Hall–Kier alpha value is -2.57. The molecule has 0 unspecified atom stereocenters. The molecule has 0 aliphatic carbocycles. The molecule has 6 heteroatoms. The van der Waals surface area contributed by atoms with Crippen molar-refractivity contribution >= 4 is 6.03 Å². The molecule has 1 heterocycles. The smallest absolute Gasteiger partial charge is 0.335 e. The number of ether oxygens (including phenoxy) is 1. The molecule has 2 atom stereocenters. The Morgan fingerprint density at radius 1 is 0.968 bits per heavy atom. The number of carbonyl (C=O) groups excluding carboxylic acids is 1. The fourth-order valence-electron chi connectivity index (χ4n) is 4.32. The van der Waals surface area contributed by atoms with Crippen molar-refractivity contribution in [2.75, 3.05) is 13.7 Å². The number of amides is 2. The number of nitrogens with zero attached hydrogens (tertiary/aromatic N) is 3. The lowest BCUT2D eigenvalue weighted by Gasteiger charge is -2.40. The van der Waals surface area contributed by atoms with E-state index in [0.29, 0.717) is 19.5 Å². The van der Waals surface area contributed by atoms with Crippen molar-refractivity contribution in [3.8, 4) is 5.75 Å². The van der Waals surface area contributed by atoms with Gasteiger partial charge in [0.15, 0.2) is 0 Å². The summed E-state index contributed by atoms with van der Waals surface area (Å²) < 4.78 is 5.26. The van der Waals surface area contributed by atoms with E-state index in [0.717, 1.165) is 16.9 Å². The number of aliphatic hydroxyl groups excluding tert-OH is 1. The second-order valence-electron chi connectivity index (χ2n) is 8.74. The monoisotopic (exact) mass is 425 g/mol. The second kappa shape index (κ2) is 10.2. The third kappa shape index (κ3) is 5.38. The summed E-state index contributed by atoms with van der Waals surface area (Å²) in [4.78, 5) is 15.6. The third-order valence-electron chi connectivity index (χ3n) is 5.78. The summed E-state index contributed by atoms with van der Waals surface area (Å²) in [6.45, 7) is 8.98. The van der Waals surface area contributed by atoms with Gasteiger partial charge in [0.05, 0.1) is 19.3 Å². The number of methoxy groups -OCH3 is 1. The summed E-state index contributed by atoms with van der Waals surface area (Å²) in [7, 11) is 1.65. The highest BCUT2D eigenvalue weighted by atomic mass is 16.5. The number of carbonyl (C=O) groups is 1. The van der Waals surface area contributed by atoms with Crippen molar-refractivity contribution in [3.05, 3.63) is 65.7 Å². The highest BCUT2D eigenvalue weighted by molar-refractivity contribution is 5.75. The predicted molar refractivity (Wildman–Crippen MR) is 123 cm³/mol. The Kier molecular flexibility index (Phi) is 7.57. The first kappa shape index (κ1) is 23.1. The molecule has 1 aliphatic heterocycles. The van der Waals surface area contributed by atoms with Gasteiger partial charge in [-0.05, 0) is 57.4 Å². The zero-order chi connectivity index (χ0) is 22.5. The van der Waals surface area contributed by atoms with Crippen LogP contribution in [0.3, 0.4) is 0 Å². The van der Waals surface area contributed by atoms with Crippen LogP contribution in [0.4, 0.5) is 4.79 Å². The van der Waals surface area contributed by atoms with Crippen LogP contribution >= 0.6 is 0 Å². The van der Waals surface area contributed by atoms with Gasteiger partial charge in [-0.25, -0.2) is 9.80 Å². The minimum absolute atomic E-state index is 0.0296. The number of hydrazine groups is 1. The first-order chi connectivity index (χ1) is 14.8. The number of hydrogen-bond donors (Lipinski definition) is 1. The van der Waals surface area contributed by atoms with Gasteiger partial charge in [0.1, 0.15) is 5.75 Å². The van der Waals surface area contributed by atoms with Crippen LogP contribution in [0.2, 0.25) is 0 Å². The summed E-state index contributed by atoms with van der Waals surface area (Å²) in [5.41, 5.74) is 2.17. The van der Waals surface area contributed by atoms with Crippen LogP contribution in [0, 0.1) is 0 Å². The molecule has 0 aromatic heterocycles. The zero-order valence-electron chi connectivity index (χ0n) is 19.2. The zero-order valence-corrected chi connectivity index (χ0v) is 19.2. The van der Waals surface area contributed by atoms with E-state index >= 15 is 0 Å². The van der Waals surface area contributed by atoms with Gasteiger partial charge < -0.3 is 14.7 Å². The molecule has 31 heavy (non-hydrogen) atoms. The number of hydrogen-bond acceptors (Lipinski definition) is 4. The fourth-order valence-corrected chi connectivity index (χ4v) is 4.32. The van der Waals surface area contributed by atoms with E-state index < -0.39 is 6.10 Å². The molecular weight excluding hydrogens is 390 g/mol. The topological polar surface area (TPSA) is 56.3 Å². The van der Waals surface area contributed by atoms with Gasteiger partial charge in [0.2, 0.25) is 0 Å². The largest absolute Gasteiger partial charge is 0.497 e. The standard InChI is InChI=1S/C25H35N3O3/c1-18(2)27-23(15-20-9-7-6-8-10-20)24(29)17-26(28(19(3)4)25(27)30)16-21-11-13-22(31-5)14-12-21/h6-14,18-19,23-24,29H,15-17H2,1-5H3/t23-,24-/m0/s1. The van der Waals surface area contributed by atoms with Crippen molar-refractivity contribution in [2.45, 2.75) is 64.9 Å². The van der Waals surface area contributed by atoms with Crippen LogP contribution in [0.25, 0.3) is 0 Å². The molecule has 0 spiro atoms. The van der Waals surface area contributed by atoms with E-state index in [2.05, 4.69) is 12.1 Å². The Bertz CT molecular complexity index is 839. The predicted octanol–water partition coefficient (Wildman–Crippen LogP) is 3.94. The molecule has 0 bridgehead atoms. The Labute approximate surface area is 186 Å². The van der Waals surface area contributed by atoms with Gasteiger partial charge in [0.25, 0.3) is 0 Å². The number of urea groups is 1. The molecule has 2 aromatic rings. The van der Waals surface area contributed by atoms with Gasteiger partial charge in [-0.15, -0.1) is 0 Å². The van der Waals surface area contributed by atoms with E-state index in [-0.39, 0.29) is 24.2 Å². The van der Waals surface area contributed by atoms with Crippen LogP contribution < -0.4 is 4.74 Å². The summed E-state index contributed by atoms with van der Waals surface area (Å²) in [6.07, 6.45) is -0.0534. The summed E-state index contributed by atoms with van der Waals surface area (Å²) in [5.74, 6) is 0.797. The van der Waals surface area contributed by atoms with E-state index in [1.54, 1.807) is 12.1 Å². The van der Waals surface area contributed by atoms with Crippen molar-refractivity contribution < 1.29 is 14.6 Å². The van der Waals surface area contributed by atoms with Gasteiger partial charge in [-0.2, -0.15) is 0 Å². The van der Waals surface area contributed by atoms with Gasteiger partial charge in [-0.3, -0.25) is 5.01 Å². The average molecular weight is 426 g/mol. The molecule has 3 rings (SSSR count). The molecule has 1 fully saturated rings. The first-order valence-electron chi connectivity index (χ1n) is 11.0. The Morgan fingerprint density at radius 3 is 2.16 bits per heavy atom. The minimum atomic E-state index is -0.673. The summed E-state index contributed by atoms with van der Waals surface area (Å²) >= 11 is 0. The Balaban J connectivity index is 1.93. The van der Waals surface area contributed by atoms with E-state index in [1.165, 1.54) is 0 Å². The van der Waals surface area contributed by atoms with Gasteiger partial charge >= 0.3 is 6.03 Å². The first-order valence-corrected chi connectivity index (χ1v) is 11.0. The number of benzene rings is 2. The number of β-amino-alcohol motifs (C(OH)–C–C–N with tert-alkyl or cyclic N) is 1. The Morgan fingerprint density at radius 2 is 1.61 bits per heavy atom. The molecule has 1 N–H and O–H groups in total. The van der Waals surface area contributed by atoms with Crippen molar-refractivity contribution in [1.29, 1.82) is 0 Å². The molecule has 0 saturated carbocycles. The molecule has 2 amide bonds. The van der Waals surface area contributed by atoms with Crippen LogP contribution in [0.5, 0.6) is 5.75 Å². The maximum atomic E-state index is 13.8. The van der Waals surface area contributed by atoms with E-state index in [9.17, 15) is 9.90 Å². The van der Waals surface area contributed by atoms with Gasteiger partial charge in [0, 0.05) is 25.2 Å². The average Bonchev–Trinajstić information content (AvgIpc) is 2.83. The van der Waals surface area contributed by atoms with Crippen LogP contribution in [0.1, 0.15) is 38.8 Å². The quantitative estimate of drug-likeness (QED) is 0.730. The number of aliphatic hydroxyl groups is 1. The SMILES string of the molecule is COc1ccc(CN2C[C@H](O)[C@H](Cc3ccccc3)N(C(C)C)C(=O)N2C(C)C)cc1. The molecule has 2 aromatic carbocycles. The maximum Gasteiger partial charge on any atom is 0.335 e. The molecular formula is C25H35N3O3. The van der Waals surface area contributed by atoms with E-state index in [1.807, 2.05) is 80.1 Å². The lowest BCUT2D eigenvalue weighted by Crippen LogP contribution is -2.56. The van der Waals surface area contributed by atoms with Gasteiger partial charge in [-0.1, -0.05) is 42.5 Å².